The number of halogens is 1. The van der Waals surface area contributed by atoms with Crippen LogP contribution in [0, 0.1) is 0 Å². The number of hydrogen-bond acceptors (Lipinski definition) is 3. The molecule has 1 N–H and O–H groups in total. The third-order valence-electron chi connectivity index (χ3n) is 1.51. The fraction of sp³-hybridized carbons (Fsp3) is 0.250. The molecule has 0 unspecified atom stereocenters. The van der Waals surface area contributed by atoms with E-state index in [-0.39, 0.29) is 10.8 Å². The van der Waals surface area contributed by atoms with E-state index in [1.54, 1.807) is 25.1 Å². The second-order valence-electron chi connectivity index (χ2n) is 2.73. The molecular formula is C8H9ClN2O2. The summed E-state index contributed by atoms with van der Waals surface area (Å²) in [5, 5.41) is 8.86. The smallest absolute Gasteiger partial charge is 0.354 e. The van der Waals surface area contributed by atoms with Crippen LogP contribution < -0.4 is 4.90 Å². The van der Waals surface area contributed by atoms with Crippen molar-refractivity contribution in [1.29, 1.82) is 0 Å². The molecule has 1 aromatic heterocycles. The van der Waals surface area contributed by atoms with E-state index in [0.29, 0.717) is 0 Å². The van der Waals surface area contributed by atoms with Crippen LogP contribution in [0.15, 0.2) is 12.1 Å². The summed E-state index contributed by atoms with van der Waals surface area (Å²) in [6.45, 7) is 0. The standard InChI is InChI=1S/C8H9ClN2O2/c1-11(2)5-3-6(8(12)13)10-7(9)4-5/h3-4H,1-2H3,(H,12,13). The lowest BCUT2D eigenvalue weighted by Crippen LogP contribution is -2.11. The third kappa shape index (κ3) is 2.32. The molecule has 4 nitrogen and oxygen atoms in total. The van der Waals surface area contributed by atoms with Gasteiger partial charge in [0.05, 0.1) is 0 Å². The van der Waals surface area contributed by atoms with Gasteiger partial charge in [0.1, 0.15) is 5.15 Å². The van der Waals surface area contributed by atoms with Gasteiger partial charge in [-0.2, -0.15) is 0 Å². The molecule has 1 aromatic rings. The lowest BCUT2D eigenvalue weighted by molar-refractivity contribution is 0.0690. The normalized spacial score (nSPS) is 9.77. The summed E-state index contributed by atoms with van der Waals surface area (Å²) in [6, 6.07) is 3.07. The van der Waals surface area contributed by atoms with Crippen LogP contribution in [0.4, 0.5) is 5.69 Å². The van der Waals surface area contributed by atoms with Crippen LogP contribution in [-0.2, 0) is 0 Å². The summed E-state index contributed by atoms with van der Waals surface area (Å²) in [5.41, 5.74) is 0.675. The number of anilines is 1. The van der Waals surface area contributed by atoms with Crippen molar-refractivity contribution in [3.05, 3.63) is 23.0 Å². The molecule has 13 heavy (non-hydrogen) atoms. The Hall–Kier alpha value is -1.29. The minimum atomic E-state index is -1.08. The number of aromatic carboxylic acids is 1. The summed E-state index contributed by atoms with van der Waals surface area (Å²) >= 11 is 5.64. The Labute approximate surface area is 80.8 Å². The predicted octanol–water partition coefficient (Wildman–Crippen LogP) is 1.50. The molecule has 1 heterocycles. The molecule has 0 amide bonds. The Morgan fingerprint density at radius 1 is 1.54 bits per heavy atom. The summed E-state index contributed by atoms with van der Waals surface area (Å²) < 4.78 is 0. The first-order valence-electron chi connectivity index (χ1n) is 3.59. The largest absolute Gasteiger partial charge is 0.477 e. The Morgan fingerprint density at radius 3 is 2.62 bits per heavy atom. The molecule has 0 radical (unpaired) electrons. The van der Waals surface area contributed by atoms with E-state index in [2.05, 4.69) is 4.98 Å². The van der Waals surface area contributed by atoms with E-state index in [1.165, 1.54) is 6.07 Å². The highest BCUT2D eigenvalue weighted by molar-refractivity contribution is 6.29. The molecule has 0 aliphatic rings. The Morgan fingerprint density at radius 2 is 2.15 bits per heavy atom. The van der Waals surface area contributed by atoms with Crippen molar-refractivity contribution in [3.63, 3.8) is 0 Å². The van der Waals surface area contributed by atoms with Gasteiger partial charge >= 0.3 is 5.97 Å². The lowest BCUT2D eigenvalue weighted by Gasteiger charge is -2.12. The second kappa shape index (κ2) is 3.62. The van der Waals surface area contributed by atoms with Crippen LogP contribution in [0.2, 0.25) is 5.15 Å². The topological polar surface area (TPSA) is 53.4 Å². The van der Waals surface area contributed by atoms with Crippen LogP contribution in [-0.4, -0.2) is 30.2 Å². The fourth-order valence-corrected chi connectivity index (χ4v) is 1.05. The average molecular weight is 201 g/mol. The van der Waals surface area contributed by atoms with Gasteiger partial charge in [0.25, 0.3) is 0 Å². The second-order valence-corrected chi connectivity index (χ2v) is 3.12. The Kier molecular flexibility index (Phi) is 2.72. The maximum Gasteiger partial charge on any atom is 0.354 e. The van der Waals surface area contributed by atoms with Gasteiger partial charge in [-0.1, -0.05) is 11.6 Å². The highest BCUT2D eigenvalue weighted by atomic mass is 35.5. The van der Waals surface area contributed by atoms with Gasteiger partial charge in [0.2, 0.25) is 0 Å². The summed E-state index contributed by atoms with van der Waals surface area (Å²) in [4.78, 5) is 16.0. The number of hydrogen-bond donors (Lipinski definition) is 1. The predicted molar refractivity (Wildman–Crippen MR) is 50.5 cm³/mol. The zero-order valence-corrected chi connectivity index (χ0v) is 8.04. The molecule has 0 aliphatic heterocycles. The van der Waals surface area contributed by atoms with E-state index in [1.807, 2.05) is 0 Å². The molecule has 0 saturated heterocycles. The third-order valence-corrected chi connectivity index (χ3v) is 1.71. The van der Waals surface area contributed by atoms with Crippen molar-refractivity contribution < 1.29 is 9.90 Å². The van der Waals surface area contributed by atoms with Gasteiger partial charge in [0.15, 0.2) is 5.69 Å². The van der Waals surface area contributed by atoms with Crippen molar-refractivity contribution in [2.24, 2.45) is 0 Å². The van der Waals surface area contributed by atoms with Crippen molar-refractivity contribution in [1.82, 2.24) is 4.98 Å². The van der Waals surface area contributed by atoms with Crippen LogP contribution in [0.25, 0.3) is 0 Å². The Balaban J connectivity index is 3.19. The van der Waals surface area contributed by atoms with Crippen LogP contribution in [0.1, 0.15) is 10.5 Å². The van der Waals surface area contributed by atoms with Gasteiger partial charge < -0.3 is 10.0 Å². The van der Waals surface area contributed by atoms with Crippen molar-refractivity contribution in [2.75, 3.05) is 19.0 Å². The molecule has 0 spiro atoms. The number of rotatable bonds is 2. The summed E-state index contributed by atoms with van der Waals surface area (Å²) in [6.07, 6.45) is 0. The highest BCUT2D eigenvalue weighted by Crippen LogP contribution is 2.17. The molecule has 0 fully saturated rings. The minimum Gasteiger partial charge on any atom is -0.477 e. The van der Waals surface area contributed by atoms with E-state index < -0.39 is 5.97 Å². The van der Waals surface area contributed by atoms with Gasteiger partial charge in [-0.25, -0.2) is 9.78 Å². The van der Waals surface area contributed by atoms with Crippen molar-refractivity contribution >= 4 is 23.3 Å². The zero-order chi connectivity index (χ0) is 10.0. The van der Waals surface area contributed by atoms with E-state index in [4.69, 9.17) is 16.7 Å². The van der Waals surface area contributed by atoms with Crippen LogP contribution in [0.3, 0.4) is 0 Å². The average Bonchev–Trinajstić information content (AvgIpc) is 2.03. The summed E-state index contributed by atoms with van der Waals surface area (Å²) in [7, 11) is 3.61. The molecule has 0 aromatic carbocycles. The maximum atomic E-state index is 10.6. The first kappa shape index (κ1) is 9.80. The SMILES string of the molecule is CN(C)c1cc(Cl)nc(C(=O)O)c1. The van der Waals surface area contributed by atoms with Gasteiger partial charge in [-0.15, -0.1) is 0 Å². The molecule has 1 rings (SSSR count). The molecule has 5 heteroatoms. The fourth-order valence-electron chi connectivity index (χ4n) is 0.851. The van der Waals surface area contributed by atoms with Crippen LogP contribution >= 0.6 is 11.6 Å². The highest BCUT2D eigenvalue weighted by Gasteiger charge is 2.08. The zero-order valence-electron chi connectivity index (χ0n) is 7.28. The molecule has 0 bridgehead atoms. The Bertz CT molecular complexity index is 339. The van der Waals surface area contributed by atoms with Crippen LogP contribution in [0.5, 0.6) is 0 Å². The number of carboxylic acid groups (broad SMARTS) is 1. The van der Waals surface area contributed by atoms with E-state index in [9.17, 15) is 4.79 Å². The lowest BCUT2D eigenvalue weighted by atomic mass is 10.3. The molecule has 70 valence electrons. The van der Waals surface area contributed by atoms with Gasteiger partial charge in [0, 0.05) is 19.8 Å². The molecular weight excluding hydrogens is 192 g/mol. The number of carboxylic acids is 1. The number of pyridine rings is 1. The van der Waals surface area contributed by atoms with Gasteiger partial charge in [-0.05, 0) is 12.1 Å². The maximum absolute atomic E-state index is 10.6. The molecule has 0 saturated carbocycles. The number of nitrogens with zero attached hydrogens (tertiary/aromatic N) is 2. The van der Waals surface area contributed by atoms with Gasteiger partial charge in [-0.3, -0.25) is 0 Å². The monoisotopic (exact) mass is 200 g/mol. The number of aromatic nitrogens is 1. The molecule has 0 aliphatic carbocycles. The van der Waals surface area contributed by atoms with Crippen molar-refractivity contribution in [2.45, 2.75) is 0 Å². The van der Waals surface area contributed by atoms with E-state index >= 15 is 0 Å². The minimum absolute atomic E-state index is 0.0452. The quantitative estimate of drug-likeness (QED) is 0.736. The first-order valence-corrected chi connectivity index (χ1v) is 3.96. The summed E-state index contributed by atoms with van der Waals surface area (Å²) in [5.74, 6) is -1.08. The number of carbonyl (C=O) groups is 1. The molecule has 0 atom stereocenters. The first-order chi connectivity index (χ1) is 6.00. The van der Waals surface area contributed by atoms with Crippen molar-refractivity contribution in [3.8, 4) is 0 Å². The van der Waals surface area contributed by atoms with E-state index in [0.717, 1.165) is 5.69 Å².